The van der Waals surface area contributed by atoms with Crippen molar-refractivity contribution in [3.8, 4) is 0 Å². The number of carbonyl (C=O) groups excluding carboxylic acids is 1. The van der Waals surface area contributed by atoms with Crippen LogP contribution in [-0.4, -0.2) is 39.1 Å². The van der Waals surface area contributed by atoms with Gasteiger partial charge in [-0.1, -0.05) is 11.6 Å². The summed E-state index contributed by atoms with van der Waals surface area (Å²) >= 11 is 6.03. The smallest absolute Gasteiger partial charge is 0.203 e. The number of hydrogen-bond acceptors (Lipinski definition) is 5. The topological polar surface area (TPSA) is 88.0 Å². The van der Waals surface area contributed by atoms with E-state index in [1.165, 1.54) is 10.9 Å². The predicted octanol–water partition coefficient (Wildman–Crippen LogP) is 0.799. The van der Waals surface area contributed by atoms with Gasteiger partial charge in [0.25, 0.3) is 0 Å². The molecule has 7 nitrogen and oxygen atoms in total. The number of ether oxygens (including phenoxy) is 1. The van der Waals surface area contributed by atoms with Gasteiger partial charge < -0.3 is 10.5 Å². The molecular weight excluding hydrogens is 282 g/mol. The highest BCUT2D eigenvalue weighted by atomic mass is 35.5. The van der Waals surface area contributed by atoms with Gasteiger partial charge in [0.2, 0.25) is 5.78 Å². The van der Waals surface area contributed by atoms with Gasteiger partial charge in [0.05, 0.1) is 36.6 Å². The summed E-state index contributed by atoms with van der Waals surface area (Å²) in [6.07, 6.45) is 4.69. The average Bonchev–Trinajstić information content (AvgIpc) is 3.01. The molecule has 0 bridgehead atoms. The molecule has 2 aromatic heterocycles. The second-order valence-electron chi connectivity index (χ2n) is 4.35. The first-order valence-electron chi connectivity index (χ1n) is 6.03. The normalized spacial score (nSPS) is 12.6. The van der Waals surface area contributed by atoms with Crippen LogP contribution in [0.3, 0.4) is 0 Å². The van der Waals surface area contributed by atoms with Crippen LogP contribution in [-0.2, 0) is 18.3 Å². The first kappa shape index (κ1) is 14.7. The number of aryl methyl sites for hydroxylation is 1. The third kappa shape index (κ3) is 2.90. The molecular formula is C12H16ClN5O2. The summed E-state index contributed by atoms with van der Waals surface area (Å²) in [5.74, 6) is -0.295. The summed E-state index contributed by atoms with van der Waals surface area (Å²) in [5, 5.41) is 8.35. The molecule has 1 atom stereocenters. The number of aromatic nitrogens is 4. The Bertz CT molecular complexity index is 607. The van der Waals surface area contributed by atoms with Crippen molar-refractivity contribution >= 4 is 17.4 Å². The monoisotopic (exact) mass is 297 g/mol. The van der Waals surface area contributed by atoms with Gasteiger partial charge in [0, 0.05) is 25.9 Å². The Morgan fingerprint density at radius 3 is 2.85 bits per heavy atom. The highest BCUT2D eigenvalue weighted by Crippen LogP contribution is 2.22. The van der Waals surface area contributed by atoms with Crippen molar-refractivity contribution in [1.82, 2.24) is 19.6 Å². The maximum Gasteiger partial charge on any atom is 0.203 e. The number of ketones is 1. The maximum absolute atomic E-state index is 12.5. The molecule has 0 saturated carbocycles. The third-order valence-electron chi connectivity index (χ3n) is 2.90. The molecule has 1 unspecified atom stereocenters. The molecule has 0 spiro atoms. The Kier molecular flexibility index (Phi) is 4.53. The lowest BCUT2D eigenvalue weighted by Gasteiger charge is -2.11. The lowest BCUT2D eigenvalue weighted by atomic mass is 10.1. The second kappa shape index (κ2) is 6.17. The highest BCUT2D eigenvalue weighted by molar-refractivity contribution is 6.33. The van der Waals surface area contributed by atoms with Crippen LogP contribution in [0.5, 0.6) is 0 Å². The van der Waals surface area contributed by atoms with E-state index < -0.39 is 6.04 Å². The van der Waals surface area contributed by atoms with E-state index in [0.29, 0.717) is 24.4 Å². The zero-order chi connectivity index (χ0) is 14.7. The first-order valence-corrected chi connectivity index (χ1v) is 6.41. The quantitative estimate of drug-likeness (QED) is 0.797. The highest BCUT2D eigenvalue weighted by Gasteiger charge is 2.25. The molecule has 0 aliphatic rings. The number of carbonyl (C=O) groups is 1. The molecule has 0 aliphatic heterocycles. The predicted molar refractivity (Wildman–Crippen MR) is 73.6 cm³/mol. The van der Waals surface area contributed by atoms with Crippen LogP contribution < -0.4 is 5.73 Å². The fourth-order valence-electron chi connectivity index (χ4n) is 1.85. The fourth-order valence-corrected chi connectivity index (χ4v) is 2.09. The lowest BCUT2D eigenvalue weighted by Crippen LogP contribution is -2.25. The average molecular weight is 298 g/mol. The largest absolute Gasteiger partial charge is 0.383 e. The molecule has 0 radical (unpaired) electrons. The van der Waals surface area contributed by atoms with E-state index in [9.17, 15) is 4.79 Å². The van der Waals surface area contributed by atoms with E-state index in [2.05, 4.69) is 10.2 Å². The van der Waals surface area contributed by atoms with Gasteiger partial charge in [-0.05, 0) is 0 Å². The van der Waals surface area contributed by atoms with Gasteiger partial charge in [-0.2, -0.15) is 10.2 Å². The SMILES string of the molecule is COCCn1ncc(Cl)c1C(=O)C(N)c1cnn(C)c1. The van der Waals surface area contributed by atoms with Crippen molar-refractivity contribution in [3.05, 3.63) is 34.9 Å². The summed E-state index contributed by atoms with van der Waals surface area (Å²) in [4.78, 5) is 12.5. The number of Topliss-reactive ketones (excluding diaryl/α,β-unsaturated/α-hetero) is 1. The maximum atomic E-state index is 12.5. The summed E-state index contributed by atoms with van der Waals surface area (Å²) in [6.45, 7) is 0.866. The zero-order valence-corrected chi connectivity index (χ0v) is 12.0. The van der Waals surface area contributed by atoms with Crippen molar-refractivity contribution in [1.29, 1.82) is 0 Å². The third-order valence-corrected chi connectivity index (χ3v) is 3.18. The van der Waals surface area contributed by atoms with Crippen molar-refractivity contribution in [3.63, 3.8) is 0 Å². The van der Waals surface area contributed by atoms with Gasteiger partial charge in [-0.25, -0.2) is 0 Å². The molecule has 0 aliphatic carbocycles. The molecule has 2 heterocycles. The molecule has 108 valence electrons. The van der Waals surface area contributed by atoms with Crippen molar-refractivity contribution < 1.29 is 9.53 Å². The molecule has 8 heteroatoms. The molecule has 2 N–H and O–H groups in total. The van der Waals surface area contributed by atoms with Crippen LogP contribution in [0.15, 0.2) is 18.6 Å². The van der Waals surface area contributed by atoms with Crippen LogP contribution in [0.1, 0.15) is 22.1 Å². The van der Waals surface area contributed by atoms with Crippen LogP contribution in [0.25, 0.3) is 0 Å². The second-order valence-corrected chi connectivity index (χ2v) is 4.75. The van der Waals surface area contributed by atoms with E-state index in [4.69, 9.17) is 22.1 Å². The summed E-state index contributed by atoms with van der Waals surface area (Å²) < 4.78 is 8.07. The number of rotatable bonds is 6. The minimum atomic E-state index is -0.820. The first-order chi connectivity index (χ1) is 9.54. The number of nitrogens with zero attached hydrogens (tertiary/aromatic N) is 4. The number of halogens is 1. The number of methoxy groups -OCH3 is 1. The van der Waals surface area contributed by atoms with Crippen LogP contribution in [0.4, 0.5) is 0 Å². The van der Waals surface area contributed by atoms with Gasteiger partial charge >= 0.3 is 0 Å². The van der Waals surface area contributed by atoms with E-state index in [1.807, 2.05) is 0 Å². The van der Waals surface area contributed by atoms with E-state index >= 15 is 0 Å². The Hall–Kier alpha value is -1.70. The minimum Gasteiger partial charge on any atom is -0.383 e. The number of nitrogens with two attached hydrogens (primary N) is 1. The van der Waals surface area contributed by atoms with Gasteiger partial charge in [-0.15, -0.1) is 0 Å². The van der Waals surface area contributed by atoms with Crippen molar-refractivity contribution in [2.75, 3.05) is 13.7 Å². The summed E-state index contributed by atoms with van der Waals surface area (Å²) in [6, 6.07) is -0.820. The molecule has 2 rings (SSSR count). The molecule has 0 saturated heterocycles. The Morgan fingerprint density at radius 2 is 2.25 bits per heavy atom. The Morgan fingerprint density at radius 1 is 1.50 bits per heavy atom. The molecule has 0 amide bonds. The zero-order valence-electron chi connectivity index (χ0n) is 11.3. The summed E-state index contributed by atoms with van der Waals surface area (Å²) in [5.41, 5.74) is 6.90. The Labute approximate surface area is 121 Å². The van der Waals surface area contributed by atoms with E-state index in [1.54, 1.807) is 31.2 Å². The summed E-state index contributed by atoms with van der Waals surface area (Å²) in [7, 11) is 3.34. The standard InChI is InChI=1S/C12H16ClN5O2/c1-17-7-8(5-15-17)10(14)12(19)11-9(13)6-16-18(11)3-4-20-2/h5-7,10H,3-4,14H2,1-2H3. The molecule has 0 aromatic carbocycles. The molecule has 2 aromatic rings. The Balaban J connectivity index is 2.26. The fraction of sp³-hybridized carbons (Fsp3) is 0.417. The van der Waals surface area contributed by atoms with Crippen molar-refractivity contribution in [2.45, 2.75) is 12.6 Å². The number of hydrogen-bond donors (Lipinski definition) is 1. The molecule has 20 heavy (non-hydrogen) atoms. The molecule has 0 fully saturated rings. The minimum absolute atomic E-state index is 0.283. The van der Waals surface area contributed by atoms with Crippen LogP contribution >= 0.6 is 11.6 Å². The van der Waals surface area contributed by atoms with Gasteiger partial charge in [0.15, 0.2) is 0 Å². The van der Waals surface area contributed by atoms with Crippen LogP contribution in [0.2, 0.25) is 5.02 Å². The van der Waals surface area contributed by atoms with Gasteiger partial charge in [0.1, 0.15) is 5.69 Å². The van der Waals surface area contributed by atoms with Crippen LogP contribution in [0, 0.1) is 0 Å². The van der Waals surface area contributed by atoms with E-state index in [0.717, 1.165) is 0 Å². The lowest BCUT2D eigenvalue weighted by molar-refractivity contribution is 0.0947. The van der Waals surface area contributed by atoms with Crippen molar-refractivity contribution in [2.24, 2.45) is 12.8 Å². The van der Waals surface area contributed by atoms with Gasteiger partial charge in [-0.3, -0.25) is 14.2 Å². The van der Waals surface area contributed by atoms with E-state index in [-0.39, 0.29) is 10.8 Å².